The number of ether oxygens (including phenoxy) is 1. The molecule has 0 aliphatic rings. The van der Waals surface area contributed by atoms with Crippen LogP contribution in [0, 0.1) is 6.92 Å². The Balaban J connectivity index is 2.35. The van der Waals surface area contributed by atoms with Crippen molar-refractivity contribution < 1.29 is 27.3 Å². The first kappa shape index (κ1) is 15.7. The normalized spacial score (nSPS) is 11.0. The van der Waals surface area contributed by atoms with Gasteiger partial charge in [-0.25, -0.2) is 17.9 Å². The van der Waals surface area contributed by atoms with E-state index in [1.165, 1.54) is 30.3 Å². The molecule has 2 aromatic rings. The van der Waals surface area contributed by atoms with Crippen molar-refractivity contribution in [2.24, 2.45) is 0 Å². The highest BCUT2D eigenvalue weighted by atomic mass is 32.2. The second-order valence-corrected chi connectivity index (χ2v) is 5.90. The Morgan fingerprint density at radius 2 is 1.95 bits per heavy atom. The third kappa shape index (κ3) is 3.14. The number of rotatable bonds is 4. The summed E-state index contributed by atoms with van der Waals surface area (Å²) in [5, 5.41) is 3.42. The second kappa shape index (κ2) is 5.98. The molecule has 0 bridgehead atoms. The molecule has 0 spiro atoms. The number of carbonyl (C=O) groups is 2. The van der Waals surface area contributed by atoms with Gasteiger partial charge in [0.2, 0.25) is 0 Å². The number of hydrogen-bond donors (Lipinski definition) is 1. The third-order valence-corrected chi connectivity index (χ3v) is 4.06. The average molecular weight is 324 g/mol. The van der Waals surface area contributed by atoms with Gasteiger partial charge in [0.05, 0.1) is 12.7 Å². The van der Waals surface area contributed by atoms with Crippen molar-refractivity contribution in [1.82, 2.24) is 9.88 Å². The fourth-order valence-electron chi connectivity index (χ4n) is 1.68. The predicted molar refractivity (Wildman–Crippen MR) is 73.7 cm³/mol. The molecule has 0 unspecified atom stereocenters. The van der Waals surface area contributed by atoms with Crippen LogP contribution in [0.5, 0.6) is 0 Å². The summed E-state index contributed by atoms with van der Waals surface area (Å²) < 4.78 is 35.6. The first-order valence-corrected chi connectivity index (χ1v) is 7.51. The molecule has 8 nitrogen and oxygen atoms in total. The molecule has 0 aliphatic carbocycles. The van der Waals surface area contributed by atoms with Crippen LogP contribution in [0.3, 0.4) is 0 Å². The van der Waals surface area contributed by atoms with Crippen molar-refractivity contribution in [2.75, 3.05) is 7.11 Å². The number of benzene rings is 1. The number of amides is 1. The highest BCUT2D eigenvalue weighted by Gasteiger charge is 2.26. The van der Waals surface area contributed by atoms with Gasteiger partial charge in [-0.15, -0.1) is 0 Å². The predicted octanol–water partition coefficient (Wildman–Crippen LogP) is 0.888. The van der Waals surface area contributed by atoms with Gasteiger partial charge in [0, 0.05) is 6.07 Å². The maximum atomic E-state index is 12.3. The number of nitrogens with one attached hydrogen (secondary N) is 1. The van der Waals surface area contributed by atoms with Crippen LogP contribution >= 0.6 is 0 Å². The molecule has 1 N–H and O–H groups in total. The number of esters is 1. The van der Waals surface area contributed by atoms with Crippen LogP contribution in [0.15, 0.2) is 39.8 Å². The van der Waals surface area contributed by atoms with E-state index in [1.54, 1.807) is 6.92 Å². The number of carbonyl (C=O) groups excluding carboxylic acids is 2. The van der Waals surface area contributed by atoms with Crippen molar-refractivity contribution in [3.05, 3.63) is 47.3 Å². The molecule has 1 aromatic heterocycles. The zero-order valence-corrected chi connectivity index (χ0v) is 12.5. The van der Waals surface area contributed by atoms with E-state index in [9.17, 15) is 18.0 Å². The van der Waals surface area contributed by atoms with Gasteiger partial charge in [-0.2, -0.15) is 0 Å². The molecular formula is C13H12N2O6S. The third-order valence-electron chi connectivity index (χ3n) is 2.67. The molecule has 9 heteroatoms. The van der Waals surface area contributed by atoms with Crippen LogP contribution in [-0.4, -0.2) is 32.6 Å². The van der Waals surface area contributed by atoms with Crippen LogP contribution in [-0.2, 0) is 14.8 Å². The van der Waals surface area contributed by atoms with Crippen molar-refractivity contribution >= 4 is 21.9 Å². The van der Waals surface area contributed by atoms with Gasteiger partial charge in [-0.1, -0.05) is 17.3 Å². The minimum Gasteiger partial charge on any atom is -0.465 e. The Bertz CT molecular complexity index is 825. The summed E-state index contributed by atoms with van der Waals surface area (Å²) in [5.41, 5.74) is -0.363. The van der Waals surface area contributed by atoms with Gasteiger partial charge in [0.25, 0.3) is 15.9 Å². The van der Waals surface area contributed by atoms with Gasteiger partial charge < -0.3 is 9.26 Å². The zero-order valence-electron chi connectivity index (χ0n) is 11.7. The molecule has 1 heterocycles. The summed E-state index contributed by atoms with van der Waals surface area (Å²) in [6.07, 6.45) is 0. The standard InChI is InChI=1S/C13H12N2O6S/c1-8-7-10(14-21-8)12(16)15-22(18,19)11-6-4-3-5-9(11)13(17)20-2/h3-7H,1-2H3,(H,15,16). The molecule has 0 atom stereocenters. The molecule has 116 valence electrons. The number of aryl methyl sites for hydroxylation is 1. The fourth-order valence-corrected chi connectivity index (χ4v) is 2.84. The minimum atomic E-state index is -4.27. The minimum absolute atomic E-state index is 0.179. The van der Waals surface area contributed by atoms with Gasteiger partial charge >= 0.3 is 5.97 Å². The molecule has 0 saturated heterocycles. The maximum Gasteiger partial charge on any atom is 0.339 e. The summed E-state index contributed by atoms with van der Waals surface area (Å²) in [6, 6.07) is 6.66. The van der Waals surface area contributed by atoms with Crippen LogP contribution in [0.1, 0.15) is 26.6 Å². The summed E-state index contributed by atoms with van der Waals surface area (Å²) in [6.45, 7) is 1.56. The quantitative estimate of drug-likeness (QED) is 0.830. The van der Waals surface area contributed by atoms with E-state index in [1.807, 2.05) is 4.72 Å². The Labute approximate surface area is 126 Å². The smallest absolute Gasteiger partial charge is 0.339 e. The van der Waals surface area contributed by atoms with E-state index in [4.69, 9.17) is 4.52 Å². The van der Waals surface area contributed by atoms with Crippen LogP contribution in [0.2, 0.25) is 0 Å². The molecule has 0 radical (unpaired) electrons. The number of aromatic nitrogens is 1. The second-order valence-electron chi connectivity index (χ2n) is 4.25. The lowest BCUT2D eigenvalue weighted by Gasteiger charge is -2.09. The lowest BCUT2D eigenvalue weighted by atomic mass is 10.2. The largest absolute Gasteiger partial charge is 0.465 e. The molecule has 1 aromatic carbocycles. The number of sulfonamides is 1. The van der Waals surface area contributed by atoms with E-state index in [2.05, 4.69) is 9.89 Å². The first-order valence-electron chi connectivity index (χ1n) is 6.03. The van der Waals surface area contributed by atoms with Gasteiger partial charge in [-0.05, 0) is 19.1 Å². The molecule has 22 heavy (non-hydrogen) atoms. The summed E-state index contributed by atoms with van der Waals surface area (Å²) in [5.74, 6) is -1.43. The van der Waals surface area contributed by atoms with Crippen LogP contribution in [0.4, 0.5) is 0 Å². The van der Waals surface area contributed by atoms with Crippen molar-refractivity contribution in [3.8, 4) is 0 Å². The SMILES string of the molecule is COC(=O)c1ccccc1S(=O)(=O)NC(=O)c1cc(C)on1. The van der Waals surface area contributed by atoms with E-state index in [-0.39, 0.29) is 16.2 Å². The molecule has 1 amide bonds. The highest BCUT2D eigenvalue weighted by molar-refractivity contribution is 7.90. The molecule has 0 saturated carbocycles. The first-order chi connectivity index (χ1) is 10.3. The topological polar surface area (TPSA) is 116 Å². The summed E-state index contributed by atoms with van der Waals surface area (Å²) in [4.78, 5) is 23.1. The Hall–Kier alpha value is -2.68. The van der Waals surface area contributed by atoms with E-state index in [0.717, 1.165) is 7.11 Å². The Kier molecular flexibility index (Phi) is 4.27. The zero-order chi connectivity index (χ0) is 16.3. The molecular weight excluding hydrogens is 312 g/mol. The molecule has 2 rings (SSSR count). The van der Waals surface area contributed by atoms with Gasteiger partial charge in [-0.3, -0.25) is 4.79 Å². The number of hydrogen-bond acceptors (Lipinski definition) is 7. The number of methoxy groups -OCH3 is 1. The molecule has 0 fully saturated rings. The Morgan fingerprint density at radius 3 is 2.55 bits per heavy atom. The lowest BCUT2D eigenvalue weighted by Crippen LogP contribution is -2.32. The van der Waals surface area contributed by atoms with Crippen molar-refractivity contribution in [1.29, 1.82) is 0 Å². The Morgan fingerprint density at radius 1 is 1.27 bits per heavy atom. The van der Waals surface area contributed by atoms with Crippen LogP contribution < -0.4 is 4.72 Å². The fraction of sp³-hybridized carbons (Fsp3) is 0.154. The summed E-state index contributed by atoms with van der Waals surface area (Å²) >= 11 is 0. The van der Waals surface area contributed by atoms with E-state index < -0.39 is 21.9 Å². The van der Waals surface area contributed by atoms with Gasteiger partial charge in [0.1, 0.15) is 10.7 Å². The summed E-state index contributed by atoms with van der Waals surface area (Å²) in [7, 11) is -3.14. The lowest BCUT2D eigenvalue weighted by molar-refractivity contribution is 0.0596. The van der Waals surface area contributed by atoms with Gasteiger partial charge in [0.15, 0.2) is 5.69 Å². The average Bonchev–Trinajstić information content (AvgIpc) is 2.93. The van der Waals surface area contributed by atoms with E-state index >= 15 is 0 Å². The van der Waals surface area contributed by atoms with Crippen LogP contribution in [0.25, 0.3) is 0 Å². The van der Waals surface area contributed by atoms with Crippen molar-refractivity contribution in [2.45, 2.75) is 11.8 Å². The van der Waals surface area contributed by atoms with E-state index in [0.29, 0.717) is 5.76 Å². The molecule has 0 aliphatic heterocycles. The maximum absolute atomic E-state index is 12.3. The van der Waals surface area contributed by atoms with Crippen molar-refractivity contribution in [3.63, 3.8) is 0 Å². The highest BCUT2D eigenvalue weighted by Crippen LogP contribution is 2.16. The monoisotopic (exact) mass is 324 g/mol. The number of nitrogens with zero attached hydrogens (tertiary/aromatic N) is 1.